The van der Waals surface area contributed by atoms with E-state index in [0.29, 0.717) is 5.70 Å². The maximum Gasteiger partial charge on any atom is 0.297 e. The molecule has 1 atom stereocenters. The number of rotatable bonds is 1. The molecule has 1 amide bonds. The Kier molecular flexibility index (Phi) is 2.52. The van der Waals surface area contributed by atoms with Crippen LogP contribution in [-0.4, -0.2) is 18.1 Å². The molecular formula is C12H10FN5O. The molecule has 2 heterocycles. The summed E-state index contributed by atoms with van der Waals surface area (Å²) in [6, 6.07) is 5.86. The van der Waals surface area contributed by atoms with Crippen LogP contribution in [-0.2, 0) is 4.79 Å². The number of carbonyl (C=O) groups excluding carboxylic acids is 1. The monoisotopic (exact) mass is 259 g/mol. The molecule has 0 radical (unpaired) electrons. The second-order valence-corrected chi connectivity index (χ2v) is 4.07. The zero-order chi connectivity index (χ0) is 13.4. The van der Waals surface area contributed by atoms with E-state index in [1.54, 1.807) is 12.1 Å². The molecule has 2 aliphatic rings. The summed E-state index contributed by atoms with van der Waals surface area (Å²) in [4.78, 5) is 19.5. The molecule has 4 N–H and O–H groups in total. The van der Waals surface area contributed by atoms with Gasteiger partial charge in [0, 0.05) is 0 Å². The van der Waals surface area contributed by atoms with Gasteiger partial charge in [-0.25, -0.2) is 9.38 Å². The minimum atomic E-state index is -0.495. The van der Waals surface area contributed by atoms with Crippen molar-refractivity contribution in [2.45, 2.75) is 6.17 Å². The van der Waals surface area contributed by atoms with Gasteiger partial charge < -0.3 is 16.4 Å². The molecule has 0 bridgehead atoms. The average molecular weight is 259 g/mol. The first-order chi connectivity index (χ1) is 9.15. The molecule has 6 nitrogen and oxygen atoms in total. The fraction of sp³-hybridized carbons (Fsp3) is 0.0833. The first kappa shape index (κ1) is 11.4. The van der Waals surface area contributed by atoms with E-state index < -0.39 is 12.1 Å². The lowest BCUT2D eigenvalue weighted by Crippen LogP contribution is -2.26. The second kappa shape index (κ2) is 4.20. The number of amides is 1. The minimum Gasteiger partial charge on any atom is -0.382 e. The highest BCUT2D eigenvalue weighted by Crippen LogP contribution is 2.21. The van der Waals surface area contributed by atoms with Crippen molar-refractivity contribution < 1.29 is 9.18 Å². The molecule has 1 aromatic rings. The molecular weight excluding hydrogens is 249 g/mol. The standard InChI is InChI=1S/C12H10FN5O/c13-7-3-1-6(2-4-7)11-16-5-15-8-9(17-11)12(19)18-10(8)14/h1-5,11,17H,(H,15,16)(H2,14,18,19). The van der Waals surface area contributed by atoms with Gasteiger partial charge in [0.25, 0.3) is 5.91 Å². The lowest BCUT2D eigenvalue weighted by molar-refractivity contribution is -0.114. The SMILES string of the molecule is NC1=NC(=O)C2=C1NC=NC(c1ccc(F)cc1)N2. The largest absolute Gasteiger partial charge is 0.382 e. The summed E-state index contributed by atoms with van der Waals surface area (Å²) in [5.41, 5.74) is 7.02. The van der Waals surface area contributed by atoms with E-state index in [1.165, 1.54) is 18.5 Å². The van der Waals surface area contributed by atoms with E-state index >= 15 is 0 Å². The van der Waals surface area contributed by atoms with Crippen molar-refractivity contribution in [3.8, 4) is 0 Å². The molecule has 0 aliphatic carbocycles. The number of benzene rings is 1. The van der Waals surface area contributed by atoms with Crippen LogP contribution in [0.5, 0.6) is 0 Å². The van der Waals surface area contributed by atoms with Crippen molar-refractivity contribution in [2.75, 3.05) is 0 Å². The maximum absolute atomic E-state index is 12.9. The molecule has 2 aliphatic heterocycles. The highest BCUT2D eigenvalue weighted by atomic mass is 19.1. The van der Waals surface area contributed by atoms with Crippen molar-refractivity contribution in [3.63, 3.8) is 0 Å². The number of nitrogens with two attached hydrogens (primary N) is 1. The van der Waals surface area contributed by atoms with Gasteiger partial charge in [-0.05, 0) is 17.7 Å². The lowest BCUT2D eigenvalue weighted by Gasteiger charge is -2.14. The summed E-state index contributed by atoms with van der Waals surface area (Å²) >= 11 is 0. The number of halogens is 1. The van der Waals surface area contributed by atoms with Crippen LogP contribution in [0.3, 0.4) is 0 Å². The van der Waals surface area contributed by atoms with Crippen molar-refractivity contribution in [3.05, 3.63) is 47.0 Å². The summed E-state index contributed by atoms with van der Waals surface area (Å²) in [6.07, 6.45) is 0.940. The molecule has 0 saturated heterocycles. The molecule has 0 saturated carbocycles. The van der Waals surface area contributed by atoms with Crippen molar-refractivity contribution in [2.24, 2.45) is 15.7 Å². The quantitative estimate of drug-likeness (QED) is 0.669. The number of amidine groups is 1. The molecule has 7 heteroatoms. The number of hydrogen-bond donors (Lipinski definition) is 3. The van der Waals surface area contributed by atoms with Gasteiger partial charge in [-0.15, -0.1) is 0 Å². The van der Waals surface area contributed by atoms with Gasteiger partial charge in [0.2, 0.25) is 0 Å². The van der Waals surface area contributed by atoms with Crippen LogP contribution in [0.4, 0.5) is 4.39 Å². The van der Waals surface area contributed by atoms with Gasteiger partial charge in [0.15, 0.2) is 5.84 Å². The van der Waals surface area contributed by atoms with Crippen molar-refractivity contribution in [1.82, 2.24) is 10.6 Å². The molecule has 96 valence electrons. The Morgan fingerprint density at radius 3 is 2.68 bits per heavy atom. The Morgan fingerprint density at radius 2 is 1.95 bits per heavy atom. The number of carbonyl (C=O) groups is 1. The van der Waals surface area contributed by atoms with Gasteiger partial charge in [0.1, 0.15) is 23.4 Å². The minimum absolute atomic E-state index is 0.124. The van der Waals surface area contributed by atoms with E-state index in [1.807, 2.05) is 0 Å². The summed E-state index contributed by atoms with van der Waals surface area (Å²) in [6.45, 7) is 0. The molecule has 1 unspecified atom stereocenters. The average Bonchev–Trinajstić information content (AvgIpc) is 2.58. The van der Waals surface area contributed by atoms with Gasteiger partial charge in [-0.1, -0.05) is 12.1 Å². The highest BCUT2D eigenvalue weighted by molar-refractivity contribution is 6.18. The first-order valence-electron chi connectivity index (χ1n) is 5.58. The Bertz CT molecular complexity index is 632. The third-order valence-corrected chi connectivity index (χ3v) is 2.84. The Morgan fingerprint density at radius 1 is 1.21 bits per heavy atom. The Hall–Kier alpha value is -2.70. The smallest absolute Gasteiger partial charge is 0.297 e. The number of nitrogens with zero attached hydrogens (tertiary/aromatic N) is 2. The summed E-state index contributed by atoms with van der Waals surface area (Å²) in [7, 11) is 0. The van der Waals surface area contributed by atoms with E-state index in [-0.39, 0.29) is 17.3 Å². The lowest BCUT2D eigenvalue weighted by atomic mass is 10.1. The topological polar surface area (TPSA) is 91.9 Å². The van der Waals surface area contributed by atoms with Gasteiger partial charge in [0.05, 0.1) is 6.34 Å². The van der Waals surface area contributed by atoms with Crippen LogP contribution in [0.1, 0.15) is 11.7 Å². The number of aliphatic imine (C=N–C) groups is 2. The van der Waals surface area contributed by atoms with E-state index in [2.05, 4.69) is 20.6 Å². The number of nitrogens with one attached hydrogen (secondary N) is 2. The van der Waals surface area contributed by atoms with Gasteiger partial charge in [-0.3, -0.25) is 4.79 Å². The Labute approximate surface area is 107 Å². The fourth-order valence-corrected chi connectivity index (χ4v) is 1.90. The second-order valence-electron chi connectivity index (χ2n) is 4.07. The predicted octanol–water partition coefficient (Wildman–Crippen LogP) is 0.154. The number of hydrogen-bond acceptors (Lipinski definition) is 5. The van der Waals surface area contributed by atoms with Crippen LogP contribution >= 0.6 is 0 Å². The maximum atomic E-state index is 12.9. The molecule has 0 spiro atoms. The van der Waals surface area contributed by atoms with Gasteiger partial charge in [-0.2, -0.15) is 4.99 Å². The van der Waals surface area contributed by atoms with Crippen molar-refractivity contribution in [1.29, 1.82) is 0 Å². The van der Waals surface area contributed by atoms with Gasteiger partial charge >= 0.3 is 0 Å². The predicted molar refractivity (Wildman–Crippen MR) is 67.6 cm³/mol. The summed E-state index contributed by atoms with van der Waals surface area (Å²) < 4.78 is 12.9. The van der Waals surface area contributed by atoms with E-state index in [4.69, 9.17) is 5.73 Å². The molecule has 0 fully saturated rings. The Balaban J connectivity index is 1.93. The van der Waals surface area contributed by atoms with E-state index in [9.17, 15) is 9.18 Å². The van der Waals surface area contributed by atoms with Crippen LogP contribution in [0, 0.1) is 5.82 Å². The van der Waals surface area contributed by atoms with Crippen LogP contribution < -0.4 is 16.4 Å². The third kappa shape index (κ3) is 1.95. The summed E-state index contributed by atoms with van der Waals surface area (Å²) in [5, 5.41) is 5.76. The first-order valence-corrected chi connectivity index (χ1v) is 5.58. The third-order valence-electron chi connectivity index (χ3n) is 2.84. The zero-order valence-corrected chi connectivity index (χ0v) is 9.72. The van der Waals surface area contributed by atoms with E-state index in [0.717, 1.165) is 5.56 Å². The molecule has 0 aromatic heterocycles. The molecule has 1 aromatic carbocycles. The van der Waals surface area contributed by atoms with Crippen LogP contribution in [0.2, 0.25) is 0 Å². The zero-order valence-electron chi connectivity index (χ0n) is 9.72. The molecule has 3 rings (SSSR count). The fourth-order valence-electron chi connectivity index (χ4n) is 1.90. The highest BCUT2D eigenvalue weighted by Gasteiger charge is 2.28. The molecule has 19 heavy (non-hydrogen) atoms. The van der Waals surface area contributed by atoms with Crippen LogP contribution in [0.15, 0.2) is 45.6 Å². The summed E-state index contributed by atoms with van der Waals surface area (Å²) in [5.74, 6) is -0.653. The van der Waals surface area contributed by atoms with Crippen molar-refractivity contribution >= 4 is 18.1 Å². The van der Waals surface area contributed by atoms with Crippen LogP contribution in [0.25, 0.3) is 0 Å². The normalized spacial score (nSPS) is 21.4.